The van der Waals surface area contributed by atoms with E-state index in [1.54, 1.807) is 0 Å². The van der Waals surface area contributed by atoms with Crippen LogP contribution in [-0.2, 0) is 0 Å². The molecule has 1 rings (SSSR count). The Balaban J connectivity index is 3.07. The van der Waals surface area contributed by atoms with E-state index in [1.807, 2.05) is 0 Å². The first-order chi connectivity index (χ1) is 5.15. The quantitative estimate of drug-likeness (QED) is 0.578. The summed E-state index contributed by atoms with van der Waals surface area (Å²) in [4.78, 5) is 0. The molecule has 0 fully saturated rings. The van der Waals surface area contributed by atoms with Crippen molar-refractivity contribution < 1.29 is 0 Å². The lowest BCUT2D eigenvalue weighted by atomic mass is 10.2. The average molecular weight is 149 g/mol. The van der Waals surface area contributed by atoms with E-state index in [0.717, 1.165) is 0 Å². The fourth-order valence-corrected chi connectivity index (χ4v) is 1.01. The zero-order valence-electron chi connectivity index (χ0n) is 7.68. The Labute approximate surface area is 68.4 Å². The minimum absolute atomic E-state index is 1.28. The van der Waals surface area contributed by atoms with Crippen LogP contribution < -0.4 is 0 Å². The van der Waals surface area contributed by atoms with Gasteiger partial charge in [0.15, 0.2) is 0 Å². The van der Waals surface area contributed by atoms with Crippen LogP contribution >= 0.6 is 0 Å². The molecule has 1 heterocycles. The lowest BCUT2D eigenvalue weighted by molar-refractivity contribution is 1.09. The second kappa shape index (κ2) is 2.95. The van der Waals surface area contributed by atoms with Gasteiger partial charge in [-0.2, -0.15) is 0 Å². The molecule has 0 N–H and O–H groups in total. The van der Waals surface area contributed by atoms with Crippen molar-refractivity contribution in [1.29, 1.82) is 0 Å². The Bertz CT molecular complexity index is 260. The second-order valence-electron chi connectivity index (χ2n) is 2.96. The summed E-state index contributed by atoms with van der Waals surface area (Å²) in [6.45, 7) is 8.43. The highest BCUT2D eigenvalue weighted by atomic mass is 14.9. The lowest BCUT2D eigenvalue weighted by Crippen LogP contribution is -1.86. The molecule has 1 aromatic heterocycles. The summed E-state index contributed by atoms with van der Waals surface area (Å²) < 4.78 is 2.16. The summed E-state index contributed by atoms with van der Waals surface area (Å²) in [6, 6.07) is 0. The Hall–Kier alpha value is -0.980. The summed E-state index contributed by atoms with van der Waals surface area (Å²) in [5.41, 5.74) is 3.98. The van der Waals surface area contributed by atoms with Gasteiger partial charge in [-0.25, -0.2) is 0 Å². The van der Waals surface area contributed by atoms with Crippen molar-refractivity contribution in [3.05, 3.63) is 29.6 Å². The zero-order chi connectivity index (χ0) is 8.43. The highest BCUT2D eigenvalue weighted by Crippen LogP contribution is 2.11. The normalized spacial score (nSPS) is 12.2. The average Bonchev–Trinajstić information content (AvgIpc) is 2.31. The first-order valence-electron chi connectivity index (χ1n) is 3.93. The van der Waals surface area contributed by atoms with Crippen molar-refractivity contribution in [1.82, 2.24) is 4.57 Å². The molecule has 0 saturated carbocycles. The highest BCUT2D eigenvalue weighted by molar-refractivity contribution is 5.44. The van der Waals surface area contributed by atoms with E-state index in [9.17, 15) is 0 Å². The molecule has 60 valence electrons. The zero-order valence-corrected chi connectivity index (χ0v) is 7.68. The van der Waals surface area contributed by atoms with Gasteiger partial charge in [0.1, 0.15) is 0 Å². The number of aryl methyl sites for hydroxylation is 2. The smallest absolute Gasteiger partial charge is 0.0147 e. The van der Waals surface area contributed by atoms with Crippen molar-refractivity contribution in [2.24, 2.45) is 0 Å². The Morgan fingerprint density at radius 3 is 2.09 bits per heavy atom. The third kappa shape index (κ3) is 1.53. The van der Waals surface area contributed by atoms with Gasteiger partial charge in [0, 0.05) is 18.1 Å². The first-order valence-corrected chi connectivity index (χ1v) is 3.93. The molecule has 0 atom stereocenters. The van der Waals surface area contributed by atoms with E-state index in [0.29, 0.717) is 0 Å². The maximum atomic E-state index is 2.16. The Kier molecular flexibility index (Phi) is 2.18. The molecule has 0 aliphatic heterocycles. The van der Waals surface area contributed by atoms with E-state index >= 15 is 0 Å². The number of rotatable bonds is 1. The Morgan fingerprint density at radius 1 is 1.27 bits per heavy atom. The van der Waals surface area contributed by atoms with Crippen LogP contribution in [0, 0.1) is 13.8 Å². The van der Waals surface area contributed by atoms with Gasteiger partial charge in [-0.05, 0) is 38.8 Å². The van der Waals surface area contributed by atoms with Crippen LogP contribution in [0.4, 0.5) is 0 Å². The maximum absolute atomic E-state index is 2.16. The molecule has 0 radical (unpaired) electrons. The molecule has 0 spiro atoms. The molecule has 1 aromatic rings. The SMILES string of the molecule is CC=C(C)n1cc(C)c(C)c1. The van der Waals surface area contributed by atoms with Crippen LogP contribution in [-0.4, -0.2) is 4.57 Å². The van der Waals surface area contributed by atoms with Gasteiger partial charge in [-0.3, -0.25) is 0 Å². The third-order valence-electron chi connectivity index (χ3n) is 2.11. The Morgan fingerprint density at radius 2 is 1.73 bits per heavy atom. The molecular formula is C10H15N. The van der Waals surface area contributed by atoms with E-state index in [4.69, 9.17) is 0 Å². The molecule has 0 aliphatic carbocycles. The minimum Gasteiger partial charge on any atom is -0.328 e. The molecule has 0 saturated heterocycles. The number of hydrogen-bond acceptors (Lipinski definition) is 0. The number of aromatic nitrogens is 1. The maximum Gasteiger partial charge on any atom is 0.0147 e. The van der Waals surface area contributed by atoms with E-state index in [-0.39, 0.29) is 0 Å². The highest BCUT2D eigenvalue weighted by Gasteiger charge is 1.97. The molecule has 1 nitrogen and oxygen atoms in total. The predicted molar refractivity (Wildman–Crippen MR) is 49.5 cm³/mol. The van der Waals surface area contributed by atoms with Gasteiger partial charge in [0.05, 0.1) is 0 Å². The number of nitrogens with zero attached hydrogens (tertiary/aromatic N) is 1. The second-order valence-corrected chi connectivity index (χ2v) is 2.96. The van der Waals surface area contributed by atoms with Gasteiger partial charge >= 0.3 is 0 Å². The van der Waals surface area contributed by atoms with Gasteiger partial charge in [0.25, 0.3) is 0 Å². The van der Waals surface area contributed by atoms with Crippen LogP contribution in [0.15, 0.2) is 18.5 Å². The lowest BCUT2D eigenvalue weighted by Gasteiger charge is -1.99. The van der Waals surface area contributed by atoms with Gasteiger partial charge in [0.2, 0.25) is 0 Å². The fourth-order valence-electron chi connectivity index (χ4n) is 1.01. The molecule has 0 bridgehead atoms. The molecule has 0 aliphatic rings. The molecule has 0 aromatic carbocycles. The molecule has 11 heavy (non-hydrogen) atoms. The molecule has 1 heteroatoms. The van der Waals surface area contributed by atoms with Gasteiger partial charge in [-0.15, -0.1) is 0 Å². The first kappa shape index (κ1) is 8.12. The van der Waals surface area contributed by atoms with Crippen LogP contribution in [0.2, 0.25) is 0 Å². The van der Waals surface area contributed by atoms with Crippen LogP contribution in [0.5, 0.6) is 0 Å². The minimum atomic E-state index is 1.28. The molecule has 0 amide bonds. The number of allylic oxidation sites excluding steroid dienone is 2. The summed E-state index contributed by atoms with van der Waals surface area (Å²) in [7, 11) is 0. The van der Waals surface area contributed by atoms with E-state index < -0.39 is 0 Å². The van der Waals surface area contributed by atoms with Crippen LogP contribution in [0.3, 0.4) is 0 Å². The largest absolute Gasteiger partial charge is 0.328 e. The van der Waals surface area contributed by atoms with Crippen molar-refractivity contribution in [3.8, 4) is 0 Å². The topological polar surface area (TPSA) is 4.93 Å². The molecule has 0 unspecified atom stereocenters. The van der Waals surface area contributed by atoms with Gasteiger partial charge < -0.3 is 4.57 Å². The van der Waals surface area contributed by atoms with Crippen molar-refractivity contribution in [2.45, 2.75) is 27.7 Å². The van der Waals surface area contributed by atoms with Crippen LogP contribution in [0.25, 0.3) is 5.70 Å². The van der Waals surface area contributed by atoms with Crippen molar-refractivity contribution >= 4 is 5.70 Å². The predicted octanol–water partition coefficient (Wildman–Crippen LogP) is 2.99. The van der Waals surface area contributed by atoms with E-state index in [1.165, 1.54) is 16.8 Å². The summed E-state index contributed by atoms with van der Waals surface area (Å²) in [5, 5.41) is 0. The van der Waals surface area contributed by atoms with Crippen LogP contribution in [0.1, 0.15) is 25.0 Å². The monoisotopic (exact) mass is 149 g/mol. The van der Waals surface area contributed by atoms with Crippen molar-refractivity contribution in [3.63, 3.8) is 0 Å². The summed E-state index contributed by atoms with van der Waals surface area (Å²) in [6.07, 6.45) is 6.42. The standard InChI is InChI=1S/C10H15N/c1-5-10(4)11-6-8(2)9(3)7-11/h5-7H,1-4H3. The third-order valence-corrected chi connectivity index (χ3v) is 2.11. The van der Waals surface area contributed by atoms with Crippen molar-refractivity contribution in [2.75, 3.05) is 0 Å². The summed E-state index contributed by atoms with van der Waals surface area (Å²) >= 11 is 0. The van der Waals surface area contributed by atoms with Gasteiger partial charge in [-0.1, -0.05) is 6.08 Å². The summed E-state index contributed by atoms with van der Waals surface area (Å²) in [5.74, 6) is 0. The van der Waals surface area contributed by atoms with E-state index in [2.05, 4.69) is 50.7 Å². The molecular weight excluding hydrogens is 134 g/mol. The fraction of sp³-hybridized carbons (Fsp3) is 0.400. The number of hydrogen-bond donors (Lipinski definition) is 0.